The largest absolute Gasteiger partial charge is 0.370 e. The van der Waals surface area contributed by atoms with E-state index in [0.29, 0.717) is 18.9 Å². The molecular formula is C19H23IN4O. The summed E-state index contributed by atoms with van der Waals surface area (Å²) < 4.78 is 0. The van der Waals surface area contributed by atoms with Gasteiger partial charge in [0.1, 0.15) is 0 Å². The number of halogens is 1. The summed E-state index contributed by atoms with van der Waals surface area (Å²) in [5.74, 6) is 0.445. The summed E-state index contributed by atoms with van der Waals surface area (Å²) in [7, 11) is 0. The zero-order chi connectivity index (χ0) is 16.9. The van der Waals surface area contributed by atoms with E-state index in [2.05, 4.69) is 34.7 Å². The van der Waals surface area contributed by atoms with Crippen LogP contribution in [0.25, 0.3) is 0 Å². The Kier molecular flexibility index (Phi) is 6.81. The van der Waals surface area contributed by atoms with E-state index in [1.165, 1.54) is 5.56 Å². The lowest BCUT2D eigenvalue weighted by Gasteiger charge is -2.24. The molecular weight excluding hydrogens is 427 g/mol. The molecule has 132 valence electrons. The molecule has 1 aliphatic heterocycles. The molecule has 25 heavy (non-hydrogen) atoms. The number of aryl methyl sites for hydroxylation is 1. The molecule has 1 amide bonds. The number of hydrogen-bond donors (Lipinski definition) is 3. The predicted octanol–water partition coefficient (Wildman–Crippen LogP) is 3.72. The van der Waals surface area contributed by atoms with Crippen molar-refractivity contribution in [2.24, 2.45) is 10.7 Å². The first-order valence-corrected chi connectivity index (χ1v) is 8.20. The normalized spacial score (nSPS) is 16.4. The molecule has 6 heteroatoms. The first-order valence-electron chi connectivity index (χ1n) is 8.20. The molecule has 1 heterocycles. The second kappa shape index (κ2) is 8.84. The molecule has 0 aromatic heterocycles. The number of fused-ring (bicyclic) bond motifs is 1. The summed E-state index contributed by atoms with van der Waals surface area (Å²) in [6.07, 6.45) is 1.40. The Balaban J connectivity index is 0.00000225. The van der Waals surface area contributed by atoms with Crippen LogP contribution < -0.4 is 16.4 Å². The molecule has 0 saturated carbocycles. The summed E-state index contributed by atoms with van der Waals surface area (Å²) in [4.78, 5) is 16.3. The van der Waals surface area contributed by atoms with Crippen LogP contribution >= 0.6 is 24.0 Å². The lowest BCUT2D eigenvalue weighted by molar-refractivity contribution is -0.116. The Morgan fingerprint density at radius 2 is 2.08 bits per heavy atom. The molecule has 1 aliphatic rings. The third-order valence-corrected chi connectivity index (χ3v) is 4.20. The molecule has 0 fully saturated rings. The van der Waals surface area contributed by atoms with Crippen molar-refractivity contribution in [2.45, 2.75) is 25.7 Å². The molecule has 5 nitrogen and oxygen atoms in total. The summed E-state index contributed by atoms with van der Waals surface area (Å²) in [5, 5.41) is 6.01. The maximum absolute atomic E-state index is 11.8. The monoisotopic (exact) mass is 450 g/mol. The number of guanidine groups is 1. The van der Waals surface area contributed by atoms with Crippen molar-refractivity contribution in [3.8, 4) is 0 Å². The zero-order valence-electron chi connectivity index (χ0n) is 14.2. The van der Waals surface area contributed by atoms with Gasteiger partial charge in [0.05, 0.1) is 6.54 Å². The van der Waals surface area contributed by atoms with E-state index in [1.54, 1.807) is 0 Å². The molecule has 2 aromatic carbocycles. The van der Waals surface area contributed by atoms with Crippen LogP contribution in [0, 0.1) is 0 Å². The van der Waals surface area contributed by atoms with Crippen molar-refractivity contribution in [1.82, 2.24) is 0 Å². The Bertz CT molecular complexity index is 776. The molecule has 0 bridgehead atoms. The zero-order valence-corrected chi connectivity index (χ0v) is 16.5. The molecule has 1 atom stereocenters. The summed E-state index contributed by atoms with van der Waals surface area (Å²) >= 11 is 0. The minimum Gasteiger partial charge on any atom is -0.370 e. The van der Waals surface area contributed by atoms with Gasteiger partial charge in [-0.25, -0.2) is 0 Å². The smallest absolute Gasteiger partial charge is 0.225 e. The molecule has 0 saturated heterocycles. The van der Waals surface area contributed by atoms with Crippen LogP contribution in [0.1, 0.15) is 30.4 Å². The lowest BCUT2D eigenvalue weighted by Crippen LogP contribution is -2.27. The number of nitrogens with one attached hydrogen (secondary N) is 2. The number of anilines is 2. The number of nitrogens with zero attached hydrogens (tertiary/aromatic N) is 1. The van der Waals surface area contributed by atoms with Gasteiger partial charge in [0.25, 0.3) is 0 Å². The van der Waals surface area contributed by atoms with E-state index in [4.69, 9.17) is 5.73 Å². The lowest BCUT2D eigenvalue weighted by atomic mass is 9.91. The summed E-state index contributed by atoms with van der Waals surface area (Å²) in [5.41, 5.74) is 10.2. The number of amides is 1. The highest BCUT2D eigenvalue weighted by atomic mass is 127. The summed E-state index contributed by atoms with van der Waals surface area (Å²) in [6.45, 7) is 2.60. The van der Waals surface area contributed by atoms with Crippen LogP contribution in [0.5, 0.6) is 0 Å². The average molecular weight is 450 g/mol. The van der Waals surface area contributed by atoms with E-state index >= 15 is 0 Å². The molecule has 1 unspecified atom stereocenters. The van der Waals surface area contributed by atoms with Gasteiger partial charge in [0.2, 0.25) is 5.91 Å². The summed E-state index contributed by atoms with van der Waals surface area (Å²) in [6, 6.07) is 15.9. The average Bonchev–Trinajstić information content (AvgIpc) is 2.59. The maximum atomic E-state index is 11.8. The third kappa shape index (κ3) is 4.94. The van der Waals surface area contributed by atoms with Crippen LogP contribution in [0.4, 0.5) is 11.4 Å². The Morgan fingerprint density at radius 1 is 1.28 bits per heavy atom. The van der Waals surface area contributed by atoms with Crippen LogP contribution in [-0.2, 0) is 11.2 Å². The van der Waals surface area contributed by atoms with Gasteiger partial charge in [0.15, 0.2) is 5.96 Å². The topological polar surface area (TPSA) is 79.5 Å². The van der Waals surface area contributed by atoms with E-state index in [-0.39, 0.29) is 35.8 Å². The highest BCUT2D eigenvalue weighted by Gasteiger charge is 2.24. The van der Waals surface area contributed by atoms with Crippen LogP contribution in [0.15, 0.2) is 53.5 Å². The first kappa shape index (κ1) is 19.2. The second-order valence-electron chi connectivity index (χ2n) is 5.94. The fourth-order valence-electron chi connectivity index (χ4n) is 2.93. The Hall–Kier alpha value is -2.09. The number of hydrogen-bond acceptors (Lipinski definition) is 2. The van der Waals surface area contributed by atoms with Crippen molar-refractivity contribution in [1.29, 1.82) is 0 Å². The number of rotatable bonds is 4. The van der Waals surface area contributed by atoms with Crippen LogP contribution in [0.2, 0.25) is 0 Å². The number of aliphatic imine (C=N–C) groups is 1. The van der Waals surface area contributed by atoms with Crippen molar-refractivity contribution >= 4 is 47.2 Å². The van der Waals surface area contributed by atoms with Gasteiger partial charge in [-0.15, -0.1) is 24.0 Å². The van der Waals surface area contributed by atoms with Gasteiger partial charge in [-0.05, 0) is 35.7 Å². The van der Waals surface area contributed by atoms with Crippen molar-refractivity contribution < 1.29 is 4.79 Å². The highest BCUT2D eigenvalue weighted by Crippen LogP contribution is 2.31. The van der Waals surface area contributed by atoms with Crippen molar-refractivity contribution in [3.63, 3.8) is 0 Å². The minimum atomic E-state index is 0. The van der Waals surface area contributed by atoms with Gasteiger partial charge in [-0.3, -0.25) is 9.79 Å². The van der Waals surface area contributed by atoms with Gasteiger partial charge < -0.3 is 16.4 Å². The molecule has 0 radical (unpaired) electrons. The molecule has 2 aromatic rings. The van der Waals surface area contributed by atoms with Gasteiger partial charge >= 0.3 is 0 Å². The predicted molar refractivity (Wildman–Crippen MR) is 114 cm³/mol. The van der Waals surface area contributed by atoms with Crippen molar-refractivity contribution in [2.75, 3.05) is 17.2 Å². The Labute approximate surface area is 165 Å². The van der Waals surface area contributed by atoms with Crippen molar-refractivity contribution in [3.05, 3.63) is 59.7 Å². The maximum Gasteiger partial charge on any atom is 0.225 e. The number of carbonyl (C=O) groups excluding carboxylic acids is 1. The van der Waals surface area contributed by atoms with Gasteiger partial charge in [-0.2, -0.15) is 0 Å². The number of carbonyl (C=O) groups is 1. The number of benzene rings is 2. The quantitative estimate of drug-likeness (QED) is 0.378. The minimum absolute atomic E-state index is 0. The molecule has 0 aliphatic carbocycles. The van der Waals surface area contributed by atoms with E-state index in [0.717, 1.165) is 23.4 Å². The number of para-hydroxylation sites is 1. The van der Waals surface area contributed by atoms with Gasteiger partial charge in [0, 0.05) is 23.7 Å². The van der Waals surface area contributed by atoms with Gasteiger partial charge in [-0.1, -0.05) is 37.3 Å². The van der Waals surface area contributed by atoms with Crippen LogP contribution in [-0.4, -0.2) is 18.4 Å². The standard InChI is InChI=1S/C19H22N4O.HI/c1-2-13-6-5-7-15(10-13)22-19(20)21-12-14-11-18(24)23-17-9-4-3-8-16(14)17;/h3-10,14H,2,11-12H2,1H3,(H,23,24)(H3,20,21,22);1H. The fourth-order valence-corrected chi connectivity index (χ4v) is 2.93. The Morgan fingerprint density at radius 3 is 2.88 bits per heavy atom. The third-order valence-electron chi connectivity index (χ3n) is 4.20. The van der Waals surface area contributed by atoms with E-state index in [9.17, 15) is 4.79 Å². The number of nitrogens with two attached hydrogens (primary N) is 1. The highest BCUT2D eigenvalue weighted by molar-refractivity contribution is 14.0. The van der Waals surface area contributed by atoms with Crippen LogP contribution in [0.3, 0.4) is 0 Å². The molecule has 4 N–H and O–H groups in total. The molecule has 3 rings (SSSR count). The first-order chi connectivity index (χ1) is 11.7. The van der Waals surface area contributed by atoms with E-state index < -0.39 is 0 Å². The van der Waals surface area contributed by atoms with E-state index in [1.807, 2.05) is 36.4 Å². The second-order valence-corrected chi connectivity index (χ2v) is 5.94. The fraction of sp³-hybridized carbons (Fsp3) is 0.263. The SMILES string of the molecule is CCc1cccc(NC(N)=NCC2CC(=O)Nc3ccccc32)c1.I. The molecule has 0 spiro atoms.